The fraction of sp³-hybridized carbons (Fsp3) is 0.375. The van der Waals surface area contributed by atoms with Gasteiger partial charge in [0.05, 0.1) is 11.4 Å². The van der Waals surface area contributed by atoms with Crippen molar-refractivity contribution in [2.45, 2.75) is 17.4 Å². The Morgan fingerprint density at radius 1 is 1.16 bits per heavy atom. The van der Waals surface area contributed by atoms with Crippen molar-refractivity contribution in [1.82, 2.24) is 14.5 Å². The van der Waals surface area contributed by atoms with Crippen molar-refractivity contribution >= 4 is 10.0 Å². The average Bonchev–Trinajstić information content (AvgIpc) is 3.11. The lowest BCUT2D eigenvalue weighted by Gasteiger charge is -2.21. The van der Waals surface area contributed by atoms with Crippen molar-refractivity contribution in [3.63, 3.8) is 0 Å². The summed E-state index contributed by atoms with van der Waals surface area (Å²) < 4.78 is 43.8. The van der Waals surface area contributed by atoms with E-state index in [1.165, 1.54) is 10.4 Å². The fourth-order valence-corrected chi connectivity index (χ4v) is 4.37. The van der Waals surface area contributed by atoms with Crippen LogP contribution in [0.4, 0.5) is 0 Å². The summed E-state index contributed by atoms with van der Waals surface area (Å²) in [6.45, 7) is 1.54. The number of ether oxygens (including phenoxy) is 3. The largest absolute Gasteiger partial charge is 0.486 e. The standard InChI is InChI=1S/C16H17N3O5S/c20-25(21,13-3-4-14-15(10-13)23-9-8-22-14)19-7-5-12(11-19)24-16-2-1-6-17-18-16/h1-4,6,10,12H,5,7-9,11H2/t12-/m0/s1. The normalized spacial score (nSPS) is 20.4. The molecule has 3 heterocycles. The number of hydrogen-bond donors (Lipinski definition) is 0. The van der Waals surface area contributed by atoms with Gasteiger partial charge in [-0.1, -0.05) is 0 Å². The van der Waals surface area contributed by atoms with E-state index in [4.69, 9.17) is 14.2 Å². The van der Waals surface area contributed by atoms with Crippen LogP contribution in [0.25, 0.3) is 0 Å². The highest BCUT2D eigenvalue weighted by atomic mass is 32.2. The summed E-state index contributed by atoms with van der Waals surface area (Å²) >= 11 is 0. The Bertz CT molecular complexity index is 859. The molecule has 2 aliphatic heterocycles. The number of rotatable bonds is 4. The molecule has 4 rings (SSSR count). The number of hydrogen-bond acceptors (Lipinski definition) is 7. The first-order chi connectivity index (χ1) is 12.1. The van der Waals surface area contributed by atoms with Gasteiger partial charge in [-0.3, -0.25) is 0 Å². The van der Waals surface area contributed by atoms with Gasteiger partial charge in [0, 0.05) is 24.9 Å². The second-order valence-corrected chi connectivity index (χ2v) is 7.70. The maximum Gasteiger partial charge on any atom is 0.243 e. The van der Waals surface area contributed by atoms with Crippen molar-refractivity contribution in [1.29, 1.82) is 0 Å². The Morgan fingerprint density at radius 2 is 2.00 bits per heavy atom. The number of nitrogens with zero attached hydrogens (tertiary/aromatic N) is 3. The first-order valence-corrected chi connectivity index (χ1v) is 9.41. The number of sulfonamides is 1. The third-order valence-electron chi connectivity index (χ3n) is 4.09. The summed E-state index contributed by atoms with van der Waals surface area (Å²) in [5, 5.41) is 7.62. The first-order valence-electron chi connectivity index (χ1n) is 7.97. The molecule has 0 amide bonds. The van der Waals surface area contributed by atoms with Gasteiger partial charge in [0.1, 0.15) is 19.3 Å². The van der Waals surface area contributed by atoms with Gasteiger partial charge >= 0.3 is 0 Å². The SMILES string of the molecule is O=S(=O)(c1ccc2c(c1)OCCO2)N1CC[C@H](Oc2cccnn2)C1. The highest BCUT2D eigenvalue weighted by molar-refractivity contribution is 7.89. The molecule has 132 valence electrons. The number of fused-ring (bicyclic) bond motifs is 1. The van der Waals surface area contributed by atoms with Crippen LogP contribution < -0.4 is 14.2 Å². The molecule has 25 heavy (non-hydrogen) atoms. The second-order valence-electron chi connectivity index (χ2n) is 5.76. The van der Waals surface area contributed by atoms with Gasteiger partial charge in [-0.2, -0.15) is 9.40 Å². The van der Waals surface area contributed by atoms with E-state index < -0.39 is 10.0 Å². The molecule has 1 atom stereocenters. The Kier molecular flexibility index (Phi) is 4.18. The molecular weight excluding hydrogens is 346 g/mol. The summed E-state index contributed by atoms with van der Waals surface area (Å²) in [5.74, 6) is 1.42. The van der Waals surface area contributed by atoms with Crippen molar-refractivity contribution in [2.75, 3.05) is 26.3 Å². The molecule has 2 aliphatic rings. The van der Waals surface area contributed by atoms with Gasteiger partial charge < -0.3 is 14.2 Å². The molecule has 0 N–H and O–H groups in total. The lowest BCUT2D eigenvalue weighted by Crippen LogP contribution is -2.31. The van der Waals surface area contributed by atoms with Crippen molar-refractivity contribution in [3.8, 4) is 17.4 Å². The van der Waals surface area contributed by atoms with E-state index in [1.54, 1.807) is 30.5 Å². The van der Waals surface area contributed by atoms with Gasteiger partial charge in [-0.25, -0.2) is 8.42 Å². The van der Waals surface area contributed by atoms with Crippen LogP contribution >= 0.6 is 0 Å². The van der Waals surface area contributed by atoms with Crippen LogP contribution in [-0.4, -0.2) is 55.3 Å². The minimum Gasteiger partial charge on any atom is -0.486 e. The Morgan fingerprint density at radius 3 is 2.80 bits per heavy atom. The summed E-state index contributed by atoms with van der Waals surface area (Å²) in [7, 11) is -3.62. The summed E-state index contributed by atoms with van der Waals surface area (Å²) in [6.07, 6.45) is 1.91. The van der Waals surface area contributed by atoms with E-state index in [1.807, 2.05) is 0 Å². The van der Waals surface area contributed by atoms with E-state index in [2.05, 4.69) is 10.2 Å². The summed E-state index contributed by atoms with van der Waals surface area (Å²) in [4.78, 5) is 0.192. The van der Waals surface area contributed by atoms with Gasteiger partial charge in [0.2, 0.25) is 15.9 Å². The average molecular weight is 363 g/mol. The molecule has 1 saturated heterocycles. The Labute approximate surface area is 145 Å². The van der Waals surface area contributed by atoms with E-state index in [-0.39, 0.29) is 17.5 Å². The zero-order chi connectivity index (χ0) is 17.3. The van der Waals surface area contributed by atoms with Crippen LogP contribution in [0.3, 0.4) is 0 Å². The molecule has 0 aliphatic carbocycles. The molecule has 0 bridgehead atoms. The van der Waals surface area contributed by atoms with Gasteiger partial charge in [-0.15, -0.1) is 5.10 Å². The molecule has 0 radical (unpaired) electrons. The van der Waals surface area contributed by atoms with Crippen LogP contribution in [0.1, 0.15) is 6.42 Å². The summed E-state index contributed by atoms with van der Waals surface area (Å²) in [6, 6.07) is 8.11. The molecule has 0 spiro atoms. The van der Waals surface area contributed by atoms with Gasteiger partial charge in [0.15, 0.2) is 11.5 Å². The monoisotopic (exact) mass is 363 g/mol. The predicted molar refractivity (Wildman–Crippen MR) is 87.3 cm³/mol. The molecule has 1 fully saturated rings. The van der Waals surface area contributed by atoms with E-state index in [0.29, 0.717) is 43.6 Å². The zero-order valence-corrected chi connectivity index (χ0v) is 14.2. The van der Waals surface area contributed by atoms with Crippen LogP contribution in [0.2, 0.25) is 0 Å². The summed E-state index contributed by atoms with van der Waals surface area (Å²) in [5.41, 5.74) is 0. The quantitative estimate of drug-likeness (QED) is 0.803. The first kappa shape index (κ1) is 16.1. The molecule has 2 aromatic rings. The Balaban J connectivity index is 1.49. The molecule has 0 saturated carbocycles. The maximum absolute atomic E-state index is 12.9. The van der Waals surface area contributed by atoms with Crippen molar-refractivity contribution < 1.29 is 22.6 Å². The number of benzene rings is 1. The highest BCUT2D eigenvalue weighted by Crippen LogP contribution is 2.34. The molecule has 0 unspecified atom stereocenters. The second kappa shape index (κ2) is 6.49. The van der Waals surface area contributed by atoms with Crippen molar-refractivity contribution in [3.05, 3.63) is 36.5 Å². The third kappa shape index (κ3) is 3.24. The molecule has 1 aromatic heterocycles. The third-order valence-corrected chi connectivity index (χ3v) is 5.96. The smallest absolute Gasteiger partial charge is 0.243 e. The topological polar surface area (TPSA) is 90.9 Å². The molecule has 9 heteroatoms. The molecular formula is C16H17N3O5S. The minimum atomic E-state index is -3.62. The van der Waals surface area contributed by atoms with Crippen LogP contribution in [0.5, 0.6) is 17.4 Å². The van der Waals surface area contributed by atoms with E-state index in [9.17, 15) is 8.42 Å². The lowest BCUT2D eigenvalue weighted by molar-refractivity contribution is 0.171. The number of aromatic nitrogens is 2. The Hall–Kier alpha value is -2.39. The van der Waals surface area contributed by atoms with Gasteiger partial charge in [-0.05, 0) is 24.6 Å². The van der Waals surface area contributed by atoms with Gasteiger partial charge in [0.25, 0.3) is 0 Å². The highest BCUT2D eigenvalue weighted by Gasteiger charge is 2.34. The molecule has 8 nitrogen and oxygen atoms in total. The van der Waals surface area contributed by atoms with E-state index >= 15 is 0 Å². The molecule has 1 aromatic carbocycles. The maximum atomic E-state index is 12.9. The van der Waals surface area contributed by atoms with E-state index in [0.717, 1.165) is 0 Å². The van der Waals surface area contributed by atoms with Crippen LogP contribution in [-0.2, 0) is 10.0 Å². The lowest BCUT2D eigenvalue weighted by atomic mass is 10.3. The fourth-order valence-electron chi connectivity index (χ4n) is 2.87. The van der Waals surface area contributed by atoms with Crippen molar-refractivity contribution in [2.24, 2.45) is 0 Å². The zero-order valence-electron chi connectivity index (χ0n) is 13.4. The van der Waals surface area contributed by atoms with Crippen LogP contribution in [0.15, 0.2) is 41.4 Å². The van der Waals surface area contributed by atoms with Crippen LogP contribution in [0, 0.1) is 0 Å². The minimum absolute atomic E-state index is 0.192. The predicted octanol–water partition coefficient (Wildman–Crippen LogP) is 1.09.